The zero-order valence-electron chi connectivity index (χ0n) is 3.74. The normalized spacial score (nSPS) is 6.67. The van der Waals surface area contributed by atoms with Crippen LogP contribution in [0.15, 0.2) is 12.2 Å². The Morgan fingerprint density at radius 1 is 0.889 bits per heavy atom. The fraction of sp³-hybridized carbons (Fsp3) is 0. The molecule has 0 atom stereocenters. The van der Waals surface area contributed by atoms with E-state index in [4.69, 9.17) is 0 Å². The molecule has 0 fully saturated rings. The zero-order valence-corrected chi connectivity index (χ0v) is 7.38. The van der Waals surface area contributed by atoms with Crippen molar-refractivity contribution in [1.82, 2.24) is 0 Å². The van der Waals surface area contributed by atoms with Crippen molar-refractivity contribution in [3.8, 4) is 0 Å². The van der Waals surface area contributed by atoms with Gasteiger partial charge in [-0.15, -0.1) is 0 Å². The van der Waals surface area contributed by atoms with Crippen LogP contribution in [-0.4, -0.2) is 0 Å². The Balaban J connectivity index is 0. The minimum absolute atomic E-state index is 0.363. The molecule has 54 valence electrons. The first-order valence-electron chi connectivity index (χ1n) is 1.34. The van der Waals surface area contributed by atoms with Crippen LogP contribution in [0.5, 0.6) is 0 Å². The van der Waals surface area contributed by atoms with Gasteiger partial charge in [0.15, 0.2) is 0 Å². The number of halogens is 4. The number of rotatable bonds is 0. The van der Waals surface area contributed by atoms with Crippen molar-refractivity contribution < 1.29 is 32.5 Å². The average Bonchev–Trinajstić information content (AvgIpc) is 1.68. The van der Waals surface area contributed by atoms with Crippen molar-refractivity contribution in [1.29, 1.82) is 0 Å². The zero-order chi connectivity index (χ0) is 7.86. The number of hydrogen-bond acceptors (Lipinski definition) is 2. The van der Waals surface area contributed by atoms with Gasteiger partial charge in [0.1, 0.15) is 0 Å². The van der Waals surface area contributed by atoms with E-state index >= 15 is 0 Å². The van der Waals surface area contributed by atoms with Crippen LogP contribution in [0.2, 0.25) is 0 Å². The molecule has 0 aliphatic rings. The fourth-order valence-corrected chi connectivity index (χ4v) is 0. The van der Waals surface area contributed by atoms with Crippen LogP contribution in [0.3, 0.4) is 0 Å². The molecule has 0 aromatic carbocycles. The summed E-state index contributed by atoms with van der Waals surface area (Å²) in [5.74, 6) is 0. The molecule has 0 rings (SSSR count). The van der Waals surface area contributed by atoms with E-state index in [0.29, 0.717) is 0 Å². The van der Waals surface area contributed by atoms with Crippen LogP contribution in [0.4, 0.5) is 17.6 Å². The van der Waals surface area contributed by atoms with Gasteiger partial charge in [0, 0.05) is 0 Å². The molecule has 0 N–H and O–H groups in total. The van der Waals surface area contributed by atoms with Gasteiger partial charge in [0.25, 0.3) is 0 Å². The molecule has 7 heteroatoms. The Bertz CT molecular complexity index is 120. The summed E-state index contributed by atoms with van der Waals surface area (Å²) in [5, 5.41) is 0. The molecule has 0 aliphatic heterocycles. The average molecular weight is 260 g/mol. The van der Waals surface area contributed by atoms with Gasteiger partial charge in [0.05, 0.1) is 0 Å². The second kappa shape index (κ2) is 8.59. The van der Waals surface area contributed by atoms with Crippen molar-refractivity contribution in [2.75, 3.05) is 0 Å². The van der Waals surface area contributed by atoms with Gasteiger partial charge in [-0.25, -0.2) is 0 Å². The van der Waals surface area contributed by atoms with Crippen LogP contribution < -0.4 is 0 Å². The van der Waals surface area contributed by atoms with Gasteiger partial charge >= 0.3 is 46.7 Å². The Morgan fingerprint density at radius 2 is 1.00 bits per heavy atom. The summed E-state index contributed by atoms with van der Waals surface area (Å²) in [5.41, 5.74) is 0. The van der Waals surface area contributed by atoms with Gasteiger partial charge in [-0.1, -0.05) is 0 Å². The van der Waals surface area contributed by atoms with E-state index in [0.717, 1.165) is 0 Å². The van der Waals surface area contributed by atoms with Crippen molar-refractivity contribution in [2.24, 2.45) is 0 Å². The molecule has 0 unspecified atom stereocenters. The Labute approximate surface area is 64.4 Å². The van der Waals surface area contributed by atoms with Gasteiger partial charge in [-0.05, 0) is 0 Å². The third kappa shape index (κ3) is 17.7. The SMILES string of the molecule is FC(F)=C(F)F.[S]=[Mo]=[S]. The fourth-order valence-electron chi connectivity index (χ4n) is 0. The molecule has 0 amide bonds. The van der Waals surface area contributed by atoms with E-state index in [9.17, 15) is 17.6 Å². The molecular weight excluding hydrogens is 260 g/mol. The first-order valence-corrected chi connectivity index (χ1v) is 6.92. The van der Waals surface area contributed by atoms with Crippen LogP contribution >= 0.6 is 19.6 Å². The Kier molecular flexibility index (Phi) is 11.7. The minimum atomic E-state index is -2.91. The Morgan fingerprint density at radius 3 is 1.00 bits per heavy atom. The molecule has 0 aliphatic carbocycles. The molecule has 0 saturated heterocycles. The summed E-state index contributed by atoms with van der Waals surface area (Å²) in [6, 6.07) is 0. The van der Waals surface area contributed by atoms with Crippen LogP contribution in [0.1, 0.15) is 0 Å². The van der Waals surface area contributed by atoms with Gasteiger partial charge in [-0.3, -0.25) is 0 Å². The summed E-state index contributed by atoms with van der Waals surface area (Å²) in [4.78, 5) is 0. The van der Waals surface area contributed by atoms with Gasteiger partial charge in [-0.2, -0.15) is 17.6 Å². The third-order valence-corrected chi connectivity index (χ3v) is 0.143. The Hall–Kier alpha value is 0.588. The molecule has 0 saturated carbocycles. The molecule has 9 heavy (non-hydrogen) atoms. The molecular formula is C2F4MoS2. The van der Waals surface area contributed by atoms with Crippen molar-refractivity contribution in [3.05, 3.63) is 12.2 Å². The summed E-state index contributed by atoms with van der Waals surface area (Å²) in [6.45, 7) is 0. The molecule has 0 heterocycles. The van der Waals surface area contributed by atoms with Gasteiger partial charge in [0.2, 0.25) is 0 Å². The maximum absolute atomic E-state index is 10.3. The van der Waals surface area contributed by atoms with E-state index in [1.54, 1.807) is 0 Å². The predicted molar refractivity (Wildman–Crippen MR) is 26.6 cm³/mol. The standard InChI is InChI=1S/C2F4.Mo.2S/c3-1(4)2(5)6;;;. The maximum atomic E-state index is 10.3. The summed E-state index contributed by atoms with van der Waals surface area (Å²) < 4.78 is 41.1. The molecule has 0 radical (unpaired) electrons. The quantitative estimate of drug-likeness (QED) is 0.484. The number of hydrogen-bond donors (Lipinski definition) is 0. The van der Waals surface area contributed by atoms with Crippen LogP contribution in [-0.2, 0) is 14.9 Å². The molecule has 0 aromatic heterocycles. The van der Waals surface area contributed by atoms with E-state index in [2.05, 4.69) is 19.6 Å². The summed E-state index contributed by atoms with van der Waals surface area (Å²) >= 11 is -0.363. The first kappa shape index (κ1) is 12.3. The van der Waals surface area contributed by atoms with E-state index < -0.39 is 12.2 Å². The molecule has 0 nitrogen and oxygen atoms in total. The van der Waals surface area contributed by atoms with Gasteiger partial charge < -0.3 is 0 Å². The molecule has 0 aromatic rings. The monoisotopic (exact) mass is 262 g/mol. The molecule has 0 bridgehead atoms. The van der Waals surface area contributed by atoms with Crippen LogP contribution in [0, 0.1) is 0 Å². The molecule has 0 spiro atoms. The first-order chi connectivity index (χ1) is 4.06. The summed E-state index contributed by atoms with van der Waals surface area (Å²) in [7, 11) is 8.68. The van der Waals surface area contributed by atoms with E-state index in [-0.39, 0.29) is 14.9 Å². The second-order valence-electron chi connectivity index (χ2n) is 0.589. The van der Waals surface area contributed by atoms with Crippen molar-refractivity contribution in [2.45, 2.75) is 0 Å². The van der Waals surface area contributed by atoms with Crippen LogP contribution in [0.25, 0.3) is 0 Å². The third-order valence-electron chi connectivity index (χ3n) is 0.143. The van der Waals surface area contributed by atoms with E-state index in [1.165, 1.54) is 0 Å². The summed E-state index contributed by atoms with van der Waals surface area (Å²) in [6.07, 6.45) is -5.81. The second-order valence-corrected chi connectivity index (χ2v) is 4.14. The van der Waals surface area contributed by atoms with Crippen molar-refractivity contribution in [3.63, 3.8) is 0 Å². The predicted octanol–water partition coefficient (Wildman–Crippen LogP) is 3.28. The van der Waals surface area contributed by atoms with E-state index in [1.807, 2.05) is 0 Å². The topological polar surface area (TPSA) is 0 Å². The van der Waals surface area contributed by atoms with Crippen molar-refractivity contribution >= 4 is 19.6 Å².